The number of hydrogen-bond donors (Lipinski definition) is 1. The lowest BCUT2D eigenvalue weighted by atomic mass is 10.2. The van der Waals surface area contributed by atoms with Crippen LogP contribution in [0.15, 0.2) is 24.4 Å². The zero-order valence-corrected chi connectivity index (χ0v) is 12.0. The first kappa shape index (κ1) is 13.6. The van der Waals surface area contributed by atoms with Crippen LogP contribution >= 0.6 is 11.6 Å². The highest BCUT2D eigenvalue weighted by Gasteiger charge is 2.07. The molecule has 2 aromatic rings. The van der Waals surface area contributed by atoms with Crippen LogP contribution in [0.3, 0.4) is 0 Å². The molecule has 0 atom stereocenters. The van der Waals surface area contributed by atoms with Crippen LogP contribution in [0, 0.1) is 13.8 Å². The van der Waals surface area contributed by atoms with Gasteiger partial charge in [-0.1, -0.05) is 17.7 Å². The van der Waals surface area contributed by atoms with Gasteiger partial charge in [-0.05, 0) is 31.5 Å². The minimum atomic E-state index is -0.106. The predicted octanol–water partition coefficient (Wildman–Crippen LogP) is 3.16. The average Bonchev–Trinajstić information content (AvgIpc) is 2.63. The van der Waals surface area contributed by atoms with E-state index in [1.807, 2.05) is 32.2 Å². The molecule has 4 nitrogen and oxygen atoms in total. The second-order valence-electron chi connectivity index (χ2n) is 4.52. The van der Waals surface area contributed by atoms with Gasteiger partial charge in [-0.3, -0.25) is 4.79 Å². The largest absolute Gasteiger partial charge is 0.328 e. The van der Waals surface area contributed by atoms with Gasteiger partial charge in [0.2, 0.25) is 5.91 Å². The SMILES string of the molecule is CC(=O)Nc1ccc(Cn2c(C)cnc2C)c(Cl)c1. The molecule has 19 heavy (non-hydrogen) atoms. The van der Waals surface area contributed by atoms with Crippen molar-refractivity contribution in [3.8, 4) is 0 Å². The number of anilines is 1. The molecule has 100 valence electrons. The normalized spacial score (nSPS) is 10.5. The summed E-state index contributed by atoms with van der Waals surface area (Å²) in [5, 5.41) is 3.35. The van der Waals surface area contributed by atoms with Gasteiger partial charge in [0, 0.05) is 29.5 Å². The van der Waals surface area contributed by atoms with Gasteiger partial charge in [-0.25, -0.2) is 4.98 Å². The van der Waals surface area contributed by atoms with Crippen LogP contribution in [-0.2, 0) is 11.3 Å². The molecule has 1 heterocycles. The summed E-state index contributed by atoms with van der Waals surface area (Å²) in [5.41, 5.74) is 2.81. The molecule has 0 fully saturated rings. The summed E-state index contributed by atoms with van der Waals surface area (Å²) in [6.45, 7) is 6.13. The third-order valence-corrected chi connectivity index (χ3v) is 3.31. The topological polar surface area (TPSA) is 46.9 Å². The summed E-state index contributed by atoms with van der Waals surface area (Å²) in [7, 11) is 0. The van der Waals surface area contributed by atoms with Gasteiger partial charge in [0.1, 0.15) is 5.82 Å². The Morgan fingerprint density at radius 2 is 2.16 bits per heavy atom. The van der Waals surface area contributed by atoms with Gasteiger partial charge in [0.15, 0.2) is 0 Å². The van der Waals surface area contributed by atoms with Gasteiger partial charge in [0.25, 0.3) is 0 Å². The van der Waals surface area contributed by atoms with E-state index in [1.54, 1.807) is 6.07 Å². The number of aromatic nitrogens is 2. The molecule has 2 rings (SSSR count). The summed E-state index contributed by atoms with van der Waals surface area (Å²) >= 11 is 6.25. The lowest BCUT2D eigenvalue weighted by Crippen LogP contribution is -2.07. The first-order valence-corrected chi connectivity index (χ1v) is 6.40. The van der Waals surface area contributed by atoms with E-state index in [1.165, 1.54) is 6.92 Å². The number of rotatable bonds is 3. The van der Waals surface area contributed by atoms with Gasteiger partial charge in [0.05, 0.1) is 6.54 Å². The zero-order chi connectivity index (χ0) is 14.0. The minimum absolute atomic E-state index is 0.106. The standard InChI is InChI=1S/C14H16ClN3O/c1-9-7-16-10(2)18(9)8-12-4-5-13(6-14(12)15)17-11(3)19/h4-7H,8H2,1-3H3,(H,17,19). The highest BCUT2D eigenvalue weighted by Crippen LogP contribution is 2.22. The van der Waals surface area contributed by atoms with Crippen molar-refractivity contribution in [1.82, 2.24) is 9.55 Å². The lowest BCUT2D eigenvalue weighted by Gasteiger charge is -2.11. The number of carbonyl (C=O) groups is 1. The van der Waals surface area contributed by atoms with E-state index in [9.17, 15) is 4.79 Å². The van der Waals surface area contributed by atoms with Crippen LogP contribution in [0.4, 0.5) is 5.69 Å². The molecular formula is C14H16ClN3O. The summed E-state index contributed by atoms with van der Waals surface area (Å²) < 4.78 is 2.10. The number of hydrogen-bond acceptors (Lipinski definition) is 2. The smallest absolute Gasteiger partial charge is 0.221 e. The average molecular weight is 278 g/mol. The molecule has 0 radical (unpaired) electrons. The van der Waals surface area contributed by atoms with Crippen LogP contribution in [0.5, 0.6) is 0 Å². The van der Waals surface area contributed by atoms with Crippen LogP contribution in [0.2, 0.25) is 5.02 Å². The molecule has 1 N–H and O–H groups in total. The molecule has 1 aromatic heterocycles. The number of nitrogens with one attached hydrogen (secondary N) is 1. The van der Waals surface area contributed by atoms with Crippen LogP contribution in [0.1, 0.15) is 24.0 Å². The molecule has 1 aromatic carbocycles. The monoisotopic (exact) mass is 277 g/mol. The quantitative estimate of drug-likeness (QED) is 0.937. The Labute approximate surface area is 117 Å². The van der Waals surface area contributed by atoms with Crippen molar-refractivity contribution in [1.29, 1.82) is 0 Å². The Balaban J connectivity index is 2.24. The fourth-order valence-electron chi connectivity index (χ4n) is 1.95. The number of nitrogens with zero attached hydrogens (tertiary/aromatic N) is 2. The van der Waals surface area contributed by atoms with Crippen molar-refractivity contribution in [2.24, 2.45) is 0 Å². The summed E-state index contributed by atoms with van der Waals surface area (Å²) in [6.07, 6.45) is 1.84. The minimum Gasteiger partial charge on any atom is -0.328 e. The van der Waals surface area contributed by atoms with Gasteiger partial charge >= 0.3 is 0 Å². The van der Waals surface area contributed by atoms with Crippen molar-refractivity contribution in [3.63, 3.8) is 0 Å². The second-order valence-corrected chi connectivity index (χ2v) is 4.93. The lowest BCUT2D eigenvalue weighted by molar-refractivity contribution is -0.114. The van der Waals surface area contributed by atoms with Crippen molar-refractivity contribution in [2.45, 2.75) is 27.3 Å². The van der Waals surface area contributed by atoms with Gasteiger partial charge < -0.3 is 9.88 Å². The first-order valence-electron chi connectivity index (χ1n) is 6.02. The van der Waals surface area contributed by atoms with E-state index in [0.29, 0.717) is 17.3 Å². The highest BCUT2D eigenvalue weighted by molar-refractivity contribution is 6.31. The number of amides is 1. The number of carbonyl (C=O) groups excluding carboxylic acids is 1. The molecule has 0 saturated carbocycles. The van der Waals surface area contributed by atoms with Crippen LogP contribution in [-0.4, -0.2) is 15.5 Å². The molecule has 0 aliphatic heterocycles. The zero-order valence-electron chi connectivity index (χ0n) is 11.2. The summed E-state index contributed by atoms with van der Waals surface area (Å²) in [6, 6.07) is 5.54. The Bertz CT molecular complexity index is 600. The van der Waals surface area contributed by atoms with E-state index in [0.717, 1.165) is 17.1 Å². The molecule has 0 bridgehead atoms. The summed E-state index contributed by atoms with van der Waals surface area (Å²) in [4.78, 5) is 15.3. The fourth-order valence-corrected chi connectivity index (χ4v) is 2.19. The maximum atomic E-state index is 11.0. The van der Waals surface area contributed by atoms with E-state index in [2.05, 4.69) is 14.9 Å². The van der Waals surface area contributed by atoms with E-state index < -0.39 is 0 Å². The Hall–Kier alpha value is -1.81. The Kier molecular flexibility index (Phi) is 3.90. The molecule has 1 amide bonds. The number of halogens is 1. The molecule has 0 saturated heterocycles. The van der Waals surface area contributed by atoms with Crippen molar-refractivity contribution < 1.29 is 4.79 Å². The highest BCUT2D eigenvalue weighted by atomic mass is 35.5. The maximum absolute atomic E-state index is 11.0. The van der Waals surface area contributed by atoms with Crippen molar-refractivity contribution >= 4 is 23.2 Å². The maximum Gasteiger partial charge on any atom is 0.221 e. The third kappa shape index (κ3) is 3.15. The van der Waals surface area contributed by atoms with Gasteiger partial charge in [-0.15, -0.1) is 0 Å². The Morgan fingerprint density at radius 3 is 2.68 bits per heavy atom. The van der Waals surface area contributed by atoms with E-state index in [4.69, 9.17) is 11.6 Å². The van der Waals surface area contributed by atoms with Crippen molar-refractivity contribution in [3.05, 3.63) is 46.5 Å². The van der Waals surface area contributed by atoms with E-state index >= 15 is 0 Å². The summed E-state index contributed by atoms with van der Waals surface area (Å²) in [5.74, 6) is 0.851. The molecular weight excluding hydrogens is 262 g/mol. The molecule has 0 aliphatic carbocycles. The first-order chi connectivity index (χ1) is 8.97. The molecule has 0 unspecified atom stereocenters. The second kappa shape index (κ2) is 5.45. The number of aryl methyl sites for hydroxylation is 2. The van der Waals surface area contributed by atoms with Gasteiger partial charge in [-0.2, -0.15) is 0 Å². The van der Waals surface area contributed by atoms with Crippen LogP contribution < -0.4 is 5.32 Å². The number of benzene rings is 1. The number of imidazole rings is 1. The van der Waals surface area contributed by atoms with E-state index in [-0.39, 0.29) is 5.91 Å². The molecule has 0 aliphatic rings. The fraction of sp³-hybridized carbons (Fsp3) is 0.286. The van der Waals surface area contributed by atoms with Crippen LogP contribution in [0.25, 0.3) is 0 Å². The molecule has 0 spiro atoms. The third-order valence-electron chi connectivity index (χ3n) is 2.96. The molecule has 5 heteroatoms. The van der Waals surface area contributed by atoms with Crippen molar-refractivity contribution in [2.75, 3.05) is 5.32 Å². The Morgan fingerprint density at radius 1 is 1.42 bits per heavy atom. The predicted molar refractivity (Wildman–Crippen MR) is 76.6 cm³/mol.